The van der Waals surface area contributed by atoms with Crippen LogP contribution in [0.4, 0.5) is 4.39 Å². The summed E-state index contributed by atoms with van der Waals surface area (Å²) in [5, 5.41) is 12.5. The molecule has 0 fully saturated rings. The van der Waals surface area contributed by atoms with Gasteiger partial charge in [0.25, 0.3) is 0 Å². The lowest BCUT2D eigenvalue weighted by Gasteiger charge is -2.14. The third kappa shape index (κ3) is 3.51. The SMILES string of the molecule is CC(NCCC(N)=O)c1ccc(F)cc1O. The summed E-state index contributed by atoms with van der Waals surface area (Å²) in [6.45, 7) is 2.24. The lowest BCUT2D eigenvalue weighted by molar-refractivity contribution is -0.117. The lowest BCUT2D eigenvalue weighted by atomic mass is 10.1. The van der Waals surface area contributed by atoms with Crippen LogP contribution in [-0.4, -0.2) is 17.6 Å². The molecule has 4 N–H and O–H groups in total. The first-order valence-electron chi connectivity index (χ1n) is 5.01. The Bertz CT molecular complexity index is 382. The van der Waals surface area contributed by atoms with Gasteiger partial charge in [-0.25, -0.2) is 4.39 Å². The van der Waals surface area contributed by atoms with Crippen LogP contribution in [0.25, 0.3) is 0 Å². The van der Waals surface area contributed by atoms with Crippen LogP contribution >= 0.6 is 0 Å². The van der Waals surface area contributed by atoms with E-state index in [1.807, 2.05) is 6.92 Å². The van der Waals surface area contributed by atoms with Gasteiger partial charge in [-0.3, -0.25) is 4.79 Å². The number of carbonyl (C=O) groups is 1. The maximum absolute atomic E-state index is 12.7. The van der Waals surface area contributed by atoms with Crippen LogP contribution in [0.15, 0.2) is 18.2 Å². The number of nitrogens with two attached hydrogens (primary N) is 1. The van der Waals surface area contributed by atoms with Crippen LogP contribution in [0.5, 0.6) is 5.75 Å². The van der Waals surface area contributed by atoms with E-state index in [0.717, 1.165) is 6.07 Å². The Hall–Kier alpha value is -1.62. The van der Waals surface area contributed by atoms with Gasteiger partial charge in [-0.2, -0.15) is 0 Å². The van der Waals surface area contributed by atoms with Crippen LogP contribution in [0, 0.1) is 5.82 Å². The number of hydrogen-bond acceptors (Lipinski definition) is 3. The molecule has 4 nitrogen and oxygen atoms in total. The molecule has 16 heavy (non-hydrogen) atoms. The molecule has 1 atom stereocenters. The average Bonchev–Trinajstić information content (AvgIpc) is 2.16. The predicted octanol–water partition coefficient (Wildman–Crippen LogP) is 1.06. The minimum atomic E-state index is -0.481. The Morgan fingerprint density at radius 3 is 2.88 bits per heavy atom. The van der Waals surface area contributed by atoms with Gasteiger partial charge < -0.3 is 16.2 Å². The molecule has 1 amide bonds. The van der Waals surface area contributed by atoms with Crippen molar-refractivity contribution in [2.24, 2.45) is 5.73 Å². The molecule has 1 aromatic rings. The zero-order chi connectivity index (χ0) is 12.1. The molecular weight excluding hydrogens is 211 g/mol. The second-order valence-electron chi connectivity index (χ2n) is 3.60. The number of benzene rings is 1. The summed E-state index contributed by atoms with van der Waals surface area (Å²) in [6, 6.07) is 3.68. The van der Waals surface area contributed by atoms with Crippen LogP contribution < -0.4 is 11.1 Å². The Morgan fingerprint density at radius 2 is 2.31 bits per heavy atom. The van der Waals surface area contributed by atoms with Crippen molar-refractivity contribution in [3.05, 3.63) is 29.6 Å². The standard InChI is InChI=1S/C11H15FN2O2/c1-7(14-5-4-11(13)16)9-3-2-8(12)6-10(9)15/h2-3,6-7,14-15H,4-5H2,1H3,(H2,13,16). The van der Waals surface area contributed by atoms with Gasteiger partial charge in [0, 0.05) is 30.6 Å². The van der Waals surface area contributed by atoms with Gasteiger partial charge in [-0.15, -0.1) is 0 Å². The third-order valence-corrected chi connectivity index (χ3v) is 2.28. The van der Waals surface area contributed by atoms with E-state index in [1.165, 1.54) is 12.1 Å². The highest BCUT2D eigenvalue weighted by Gasteiger charge is 2.10. The fourth-order valence-corrected chi connectivity index (χ4v) is 1.40. The number of nitrogens with one attached hydrogen (secondary N) is 1. The Balaban J connectivity index is 2.58. The zero-order valence-electron chi connectivity index (χ0n) is 9.03. The van der Waals surface area contributed by atoms with Crippen molar-refractivity contribution in [3.63, 3.8) is 0 Å². The molecule has 0 aliphatic carbocycles. The second-order valence-corrected chi connectivity index (χ2v) is 3.60. The molecule has 0 aliphatic rings. The van der Waals surface area contributed by atoms with Gasteiger partial charge in [0.2, 0.25) is 5.91 Å². The summed E-state index contributed by atoms with van der Waals surface area (Å²) in [6.07, 6.45) is 0.228. The first-order valence-corrected chi connectivity index (χ1v) is 5.01. The zero-order valence-corrected chi connectivity index (χ0v) is 9.03. The molecule has 0 radical (unpaired) electrons. The molecule has 1 unspecified atom stereocenters. The number of amides is 1. The minimum Gasteiger partial charge on any atom is -0.508 e. The molecular formula is C11H15FN2O2. The molecule has 0 aromatic heterocycles. The molecule has 0 spiro atoms. The normalized spacial score (nSPS) is 12.4. The molecule has 1 rings (SSSR count). The number of hydrogen-bond donors (Lipinski definition) is 3. The monoisotopic (exact) mass is 226 g/mol. The molecule has 0 bridgehead atoms. The summed E-state index contributed by atoms with van der Waals surface area (Å²) in [5.41, 5.74) is 5.58. The second kappa shape index (κ2) is 5.46. The number of phenols is 1. The predicted molar refractivity (Wildman–Crippen MR) is 58.3 cm³/mol. The van der Waals surface area contributed by atoms with Gasteiger partial charge in [0.1, 0.15) is 11.6 Å². The first-order chi connectivity index (χ1) is 7.50. The minimum absolute atomic E-state index is 0.0981. The number of primary amides is 1. The van der Waals surface area contributed by atoms with Gasteiger partial charge in [0.05, 0.1) is 0 Å². The number of phenolic OH excluding ortho intramolecular Hbond substituents is 1. The lowest BCUT2D eigenvalue weighted by Crippen LogP contribution is -2.24. The maximum Gasteiger partial charge on any atom is 0.218 e. The van der Waals surface area contributed by atoms with E-state index in [9.17, 15) is 14.3 Å². The van der Waals surface area contributed by atoms with Crippen molar-refractivity contribution >= 4 is 5.91 Å². The van der Waals surface area contributed by atoms with Crippen LogP contribution in [0.3, 0.4) is 0 Å². The summed E-state index contributed by atoms with van der Waals surface area (Å²) < 4.78 is 12.7. The molecule has 0 saturated heterocycles. The molecule has 0 heterocycles. The van der Waals surface area contributed by atoms with Crippen molar-refractivity contribution in [1.82, 2.24) is 5.32 Å². The van der Waals surface area contributed by atoms with Crippen molar-refractivity contribution in [3.8, 4) is 5.75 Å². The van der Waals surface area contributed by atoms with Crippen molar-refractivity contribution < 1.29 is 14.3 Å². The van der Waals surface area contributed by atoms with E-state index in [4.69, 9.17) is 5.73 Å². The molecule has 0 saturated carbocycles. The Morgan fingerprint density at radius 1 is 1.62 bits per heavy atom. The third-order valence-electron chi connectivity index (χ3n) is 2.28. The van der Waals surface area contributed by atoms with Crippen LogP contribution in [0.1, 0.15) is 24.9 Å². The van der Waals surface area contributed by atoms with E-state index in [2.05, 4.69) is 5.32 Å². The molecule has 88 valence electrons. The number of aromatic hydroxyl groups is 1. The largest absolute Gasteiger partial charge is 0.508 e. The molecule has 1 aromatic carbocycles. The van der Waals surface area contributed by atoms with Gasteiger partial charge in [-0.05, 0) is 13.0 Å². The summed E-state index contributed by atoms with van der Waals surface area (Å²) in [7, 11) is 0. The van der Waals surface area contributed by atoms with E-state index in [-0.39, 0.29) is 24.1 Å². The van der Waals surface area contributed by atoms with E-state index >= 15 is 0 Å². The van der Waals surface area contributed by atoms with E-state index in [1.54, 1.807) is 0 Å². The highest BCUT2D eigenvalue weighted by molar-refractivity contribution is 5.73. The van der Waals surface area contributed by atoms with Gasteiger partial charge >= 0.3 is 0 Å². The fourth-order valence-electron chi connectivity index (χ4n) is 1.40. The quantitative estimate of drug-likeness (QED) is 0.702. The number of carbonyl (C=O) groups excluding carboxylic acids is 1. The van der Waals surface area contributed by atoms with Gasteiger partial charge in [0.15, 0.2) is 0 Å². The van der Waals surface area contributed by atoms with E-state index < -0.39 is 5.82 Å². The Kier molecular flexibility index (Phi) is 4.25. The number of rotatable bonds is 5. The van der Waals surface area contributed by atoms with Crippen molar-refractivity contribution in [2.45, 2.75) is 19.4 Å². The highest BCUT2D eigenvalue weighted by atomic mass is 19.1. The van der Waals surface area contributed by atoms with Crippen molar-refractivity contribution in [1.29, 1.82) is 0 Å². The molecule has 5 heteroatoms. The highest BCUT2D eigenvalue weighted by Crippen LogP contribution is 2.24. The van der Waals surface area contributed by atoms with Gasteiger partial charge in [-0.1, -0.05) is 6.07 Å². The fraction of sp³-hybridized carbons (Fsp3) is 0.364. The van der Waals surface area contributed by atoms with Crippen LogP contribution in [-0.2, 0) is 4.79 Å². The average molecular weight is 226 g/mol. The van der Waals surface area contributed by atoms with Crippen molar-refractivity contribution in [2.75, 3.05) is 6.54 Å². The number of halogens is 1. The van der Waals surface area contributed by atoms with E-state index in [0.29, 0.717) is 12.1 Å². The topological polar surface area (TPSA) is 75.3 Å². The molecule has 0 aliphatic heterocycles. The first kappa shape index (κ1) is 12.4. The maximum atomic E-state index is 12.7. The summed E-state index contributed by atoms with van der Waals surface area (Å²) >= 11 is 0. The summed E-state index contributed by atoms with van der Waals surface area (Å²) in [5.74, 6) is -0.965. The smallest absolute Gasteiger partial charge is 0.218 e. The van der Waals surface area contributed by atoms with Crippen LogP contribution in [0.2, 0.25) is 0 Å². The summed E-state index contributed by atoms with van der Waals surface area (Å²) in [4.78, 5) is 10.5. The Labute approximate surface area is 93.3 Å².